The van der Waals surface area contributed by atoms with Crippen LogP contribution in [0, 0.1) is 12.7 Å². The number of carbonyl (C=O) groups excluding carboxylic acids is 2. The SMILES string of the molecule is CCNC(=O)Cc1c(C)n(C(=O)c2ccc(OC(F)(F)F)cc2)c2cc(F)c(OCC)c(OCC)c12. The number of alkyl halides is 3. The third kappa shape index (κ3) is 5.55. The van der Waals surface area contributed by atoms with Gasteiger partial charge in [-0.1, -0.05) is 0 Å². The van der Waals surface area contributed by atoms with Crippen LogP contribution in [0.25, 0.3) is 10.9 Å². The van der Waals surface area contributed by atoms with Gasteiger partial charge in [0, 0.05) is 23.9 Å². The largest absolute Gasteiger partial charge is 0.573 e. The van der Waals surface area contributed by atoms with Crippen LogP contribution >= 0.6 is 0 Å². The number of hydrogen-bond donors (Lipinski definition) is 1. The van der Waals surface area contributed by atoms with Crippen LogP contribution in [0.4, 0.5) is 17.6 Å². The van der Waals surface area contributed by atoms with Gasteiger partial charge in [-0.05, 0) is 57.5 Å². The molecule has 1 aromatic heterocycles. The number of fused-ring (bicyclic) bond motifs is 1. The number of halogens is 4. The van der Waals surface area contributed by atoms with Crippen molar-refractivity contribution in [2.45, 2.75) is 40.5 Å². The van der Waals surface area contributed by atoms with E-state index in [1.54, 1.807) is 27.7 Å². The van der Waals surface area contributed by atoms with E-state index in [2.05, 4.69) is 10.1 Å². The van der Waals surface area contributed by atoms with E-state index in [9.17, 15) is 22.8 Å². The maximum Gasteiger partial charge on any atom is 0.573 e. The highest BCUT2D eigenvalue weighted by atomic mass is 19.4. The summed E-state index contributed by atoms with van der Waals surface area (Å²) in [5, 5.41) is 3.04. The molecule has 11 heteroatoms. The number of rotatable bonds is 9. The van der Waals surface area contributed by atoms with E-state index in [-0.39, 0.29) is 48.1 Å². The summed E-state index contributed by atoms with van der Waals surface area (Å²) in [5.74, 6) is -2.27. The minimum Gasteiger partial charge on any atom is -0.489 e. The lowest BCUT2D eigenvalue weighted by Gasteiger charge is -2.14. The minimum absolute atomic E-state index is 0.0290. The van der Waals surface area contributed by atoms with Crippen LogP contribution in [-0.4, -0.2) is 42.5 Å². The van der Waals surface area contributed by atoms with Gasteiger partial charge in [-0.3, -0.25) is 14.2 Å². The normalized spacial score (nSPS) is 11.4. The van der Waals surface area contributed by atoms with Gasteiger partial charge < -0.3 is 19.5 Å². The second-order valence-corrected chi connectivity index (χ2v) is 7.68. The maximum absolute atomic E-state index is 15.1. The van der Waals surface area contributed by atoms with Crippen LogP contribution in [0.5, 0.6) is 17.2 Å². The molecule has 0 saturated heterocycles. The zero-order valence-electron chi connectivity index (χ0n) is 20.2. The van der Waals surface area contributed by atoms with Crippen molar-refractivity contribution < 1.29 is 41.4 Å². The molecule has 194 valence electrons. The molecule has 0 unspecified atom stereocenters. The summed E-state index contributed by atoms with van der Waals surface area (Å²) >= 11 is 0. The summed E-state index contributed by atoms with van der Waals surface area (Å²) in [5.41, 5.74) is 0.953. The van der Waals surface area contributed by atoms with Gasteiger partial charge in [0.15, 0.2) is 17.3 Å². The molecule has 3 aromatic rings. The van der Waals surface area contributed by atoms with E-state index in [1.807, 2.05) is 0 Å². The van der Waals surface area contributed by atoms with Gasteiger partial charge in [-0.15, -0.1) is 13.2 Å². The first-order chi connectivity index (χ1) is 17.0. The molecular formula is C25H26F4N2O5. The minimum atomic E-state index is -4.88. The van der Waals surface area contributed by atoms with Crippen molar-refractivity contribution in [1.29, 1.82) is 0 Å². The van der Waals surface area contributed by atoms with Gasteiger partial charge in [0.25, 0.3) is 5.91 Å². The third-order valence-electron chi connectivity index (χ3n) is 5.31. The predicted octanol–water partition coefficient (Wildman–Crippen LogP) is 5.15. The molecule has 0 radical (unpaired) electrons. The van der Waals surface area contributed by atoms with Crippen molar-refractivity contribution in [2.75, 3.05) is 19.8 Å². The lowest BCUT2D eigenvalue weighted by Crippen LogP contribution is -2.25. The van der Waals surface area contributed by atoms with Crippen molar-refractivity contribution >= 4 is 22.7 Å². The molecule has 7 nitrogen and oxygen atoms in total. The van der Waals surface area contributed by atoms with Gasteiger partial charge in [0.2, 0.25) is 5.91 Å². The first-order valence-corrected chi connectivity index (χ1v) is 11.3. The average molecular weight is 510 g/mol. The summed E-state index contributed by atoms with van der Waals surface area (Å²) in [4.78, 5) is 26.0. The molecule has 1 N–H and O–H groups in total. The number of hydrogen-bond acceptors (Lipinski definition) is 5. The fourth-order valence-corrected chi connectivity index (χ4v) is 3.95. The predicted molar refractivity (Wildman–Crippen MR) is 124 cm³/mol. The van der Waals surface area contributed by atoms with E-state index in [0.717, 1.165) is 18.2 Å². The van der Waals surface area contributed by atoms with E-state index in [4.69, 9.17) is 9.47 Å². The van der Waals surface area contributed by atoms with Crippen molar-refractivity contribution in [1.82, 2.24) is 9.88 Å². The van der Waals surface area contributed by atoms with E-state index in [0.29, 0.717) is 23.2 Å². The molecule has 3 rings (SSSR count). The molecule has 0 atom stereocenters. The molecule has 0 aliphatic rings. The fourth-order valence-electron chi connectivity index (χ4n) is 3.95. The number of nitrogens with zero attached hydrogens (tertiary/aromatic N) is 1. The molecule has 0 bridgehead atoms. The Morgan fingerprint density at radius 2 is 1.61 bits per heavy atom. The van der Waals surface area contributed by atoms with E-state index >= 15 is 4.39 Å². The second kappa shape index (κ2) is 10.9. The molecule has 1 heterocycles. The molecule has 0 aliphatic carbocycles. The molecule has 0 saturated carbocycles. The van der Waals surface area contributed by atoms with Crippen LogP contribution in [0.3, 0.4) is 0 Å². The molecule has 1 amide bonds. The number of likely N-dealkylation sites (N-methyl/N-ethyl adjacent to an activating group) is 1. The number of aromatic nitrogens is 1. The Labute approximate surface area is 204 Å². The summed E-state index contributed by atoms with van der Waals surface area (Å²) in [6, 6.07) is 5.49. The lowest BCUT2D eigenvalue weighted by molar-refractivity contribution is -0.274. The highest BCUT2D eigenvalue weighted by molar-refractivity contribution is 6.07. The van der Waals surface area contributed by atoms with Crippen molar-refractivity contribution in [3.8, 4) is 17.2 Å². The fraction of sp³-hybridized carbons (Fsp3) is 0.360. The number of ether oxygens (including phenoxy) is 3. The Balaban J connectivity index is 2.23. The number of amides is 1. The Bertz CT molecular complexity index is 1270. The molecule has 0 fully saturated rings. The van der Waals surface area contributed by atoms with Gasteiger partial charge in [0.05, 0.1) is 30.5 Å². The smallest absolute Gasteiger partial charge is 0.489 e. The molecular weight excluding hydrogens is 484 g/mol. The monoisotopic (exact) mass is 510 g/mol. The van der Waals surface area contributed by atoms with E-state index in [1.165, 1.54) is 16.7 Å². The standard InChI is InChI=1S/C25H26F4N2O5/c1-5-30-20(32)12-17-14(4)31(24(33)15-8-10-16(11-9-15)36-25(27,28)29)19-13-18(26)22(34-6-2)23(21(17)19)35-7-3/h8-11,13H,5-7,12H2,1-4H3,(H,30,32). The summed E-state index contributed by atoms with van der Waals surface area (Å²) in [7, 11) is 0. The van der Waals surface area contributed by atoms with Gasteiger partial charge >= 0.3 is 6.36 Å². The summed E-state index contributed by atoms with van der Waals surface area (Å²) < 4.78 is 68.9. The van der Waals surface area contributed by atoms with Crippen molar-refractivity contribution in [2.24, 2.45) is 0 Å². The maximum atomic E-state index is 15.1. The summed E-state index contributed by atoms with van der Waals surface area (Å²) in [6.07, 6.45) is -5.00. The molecule has 36 heavy (non-hydrogen) atoms. The Morgan fingerprint density at radius 1 is 1.00 bits per heavy atom. The Kier molecular flexibility index (Phi) is 8.11. The van der Waals surface area contributed by atoms with Crippen LogP contribution < -0.4 is 19.5 Å². The zero-order valence-corrected chi connectivity index (χ0v) is 20.2. The number of benzene rings is 2. The van der Waals surface area contributed by atoms with Crippen LogP contribution in [0.1, 0.15) is 42.4 Å². The van der Waals surface area contributed by atoms with Crippen LogP contribution in [0.15, 0.2) is 30.3 Å². The van der Waals surface area contributed by atoms with Crippen LogP contribution in [-0.2, 0) is 11.2 Å². The van der Waals surface area contributed by atoms with Crippen LogP contribution in [0.2, 0.25) is 0 Å². The highest BCUT2D eigenvalue weighted by Crippen LogP contribution is 2.43. The molecule has 2 aromatic carbocycles. The van der Waals surface area contributed by atoms with Crippen molar-refractivity contribution in [3.63, 3.8) is 0 Å². The Hall–Kier alpha value is -3.76. The topological polar surface area (TPSA) is 78.8 Å². The van der Waals surface area contributed by atoms with Gasteiger partial charge in [-0.2, -0.15) is 0 Å². The number of nitrogens with one attached hydrogen (secondary N) is 1. The van der Waals surface area contributed by atoms with Gasteiger partial charge in [-0.25, -0.2) is 4.39 Å². The van der Waals surface area contributed by atoms with E-state index < -0.39 is 23.8 Å². The Morgan fingerprint density at radius 3 is 2.17 bits per heavy atom. The second-order valence-electron chi connectivity index (χ2n) is 7.68. The highest BCUT2D eigenvalue weighted by Gasteiger charge is 2.31. The molecule has 0 spiro atoms. The lowest BCUT2D eigenvalue weighted by atomic mass is 10.1. The third-order valence-corrected chi connectivity index (χ3v) is 5.31. The zero-order chi connectivity index (χ0) is 26.6. The summed E-state index contributed by atoms with van der Waals surface area (Å²) in [6.45, 7) is 7.45. The van der Waals surface area contributed by atoms with Gasteiger partial charge in [0.1, 0.15) is 5.75 Å². The quantitative estimate of drug-likeness (QED) is 0.403. The first kappa shape index (κ1) is 26.8. The first-order valence-electron chi connectivity index (χ1n) is 11.3. The number of carbonyl (C=O) groups is 2. The average Bonchev–Trinajstić information content (AvgIpc) is 3.06. The molecule has 0 aliphatic heterocycles. The van der Waals surface area contributed by atoms with Crippen molar-refractivity contribution in [3.05, 3.63) is 53.0 Å².